The van der Waals surface area contributed by atoms with Crippen LogP contribution in [0.15, 0.2) is 30.3 Å². The van der Waals surface area contributed by atoms with Crippen LogP contribution >= 0.6 is 0 Å². The van der Waals surface area contributed by atoms with Crippen LogP contribution in [0.4, 0.5) is 0 Å². The zero-order chi connectivity index (χ0) is 18.6. The number of carbonyl (C=O) groups is 2. The number of hydrogen-bond donors (Lipinski definition) is 0. The van der Waals surface area contributed by atoms with Gasteiger partial charge in [0.1, 0.15) is 0 Å². The second-order valence-corrected chi connectivity index (χ2v) is 6.15. The summed E-state index contributed by atoms with van der Waals surface area (Å²) in [5, 5.41) is 0. The third-order valence-corrected chi connectivity index (χ3v) is 4.60. The molecule has 2 rings (SSSR count). The molecule has 0 amide bonds. The number of rotatable bonds is 5. The third-order valence-electron chi connectivity index (χ3n) is 4.60. The third kappa shape index (κ3) is 3.87. The molecule has 0 bridgehead atoms. The zero-order valence-corrected chi connectivity index (χ0v) is 15.5. The summed E-state index contributed by atoms with van der Waals surface area (Å²) in [5.74, 6) is -0.372. The van der Waals surface area contributed by atoms with Crippen LogP contribution < -0.4 is 0 Å². The van der Waals surface area contributed by atoms with Crippen molar-refractivity contribution < 1.29 is 14.3 Å². The van der Waals surface area contributed by atoms with Gasteiger partial charge in [0.2, 0.25) is 0 Å². The molecule has 2 aromatic rings. The largest absolute Gasteiger partial charge is 0.463 e. The lowest BCUT2D eigenvalue weighted by atomic mass is 9.85. The van der Waals surface area contributed by atoms with E-state index in [1.54, 1.807) is 13.0 Å². The Morgan fingerprint density at radius 2 is 1.44 bits per heavy atom. The molecule has 0 heterocycles. The van der Waals surface area contributed by atoms with Gasteiger partial charge >= 0.3 is 5.97 Å². The molecule has 25 heavy (non-hydrogen) atoms. The number of benzene rings is 2. The van der Waals surface area contributed by atoms with Crippen molar-refractivity contribution in [3.05, 3.63) is 63.7 Å². The second-order valence-electron chi connectivity index (χ2n) is 6.15. The molecule has 130 valence electrons. The summed E-state index contributed by atoms with van der Waals surface area (Å²) in [6.07, 6.45) is 4.08. The van der Waals surface area contributed by atoms with Gasteiger partial charge < -0.3 is 4.74 Å². The fraction of sp³-hybridized carbons (Fsp3) is 0.273. The number of aryl methyl sites for hydroxylation is 2. The average Bonchev–Trinajstić information content (AvgIpc) is 2.59. The highest BCUT2D eigenvalue weighted by Gasteiger charge is 2.16. The number of hydrogen-bond acceptors (Lipinski definition) is 3. The van der Waals surface area contributed by atoms with E-state index in [0.717, 1.165) is 45.2 Å². The fourth-order valence-corrected chi connectivity index (χ4v) is 2.92. The quantitative estimate of drug-likeness (QED) is 0.439. The standard InChI is InChI=1S/C22H24O3/c1-6-25-20(24)12-11-18-9-7-14(2)16(4)21(18)22-17(5)15(3)8-10-19(22)13-23/h7-13H,6H2,1-5H3/b12-11+. The van der Waals surface area contributed by atoms with Gasteiger partial charge in [0.25, 0.3) is 0 Å². The van der Waals surface area contributed by atoms with Crippen molar-refractivity contribution in [2.45, 2.75) is 34.6 Å². The molecule has 0 aliphatic carbocycles. The summed E-state index contributed by atoms with van der Waals surface area (Å²) in [7, 11) is 0. The van der Waals surface area contributed by atoms with Crippen LogP contribution in [0.1, 0.15) is 45.1 Å². The zero-order valence-electron chi connectivity index (χ0n) is 15.5. The summed E-state index contributed by atoms with van der Waals surface area (Å²) in [5.41, 5.74) is 7.91. The summed E-state index contributed by atoms with van der Waals surface area (Å²) < 4.78 is 4.97. The molecular formula is C22H24O3. The van der Waals surface area contributed by atoms with Gasteiger partial charge in [0.05, 0.1) is 6.61 Å². The van der Waals surface area contributed by atoms with E-state index in [9.17, 15) is 9.59 Å². The van der Waals surface area contributed by atoms with Crippen molar-refractivity contribution in [1.82, 2.24) is 0 Å². The maximum Gasteiger partial charge on any atom is 0.330 e. The Hall–Kier alpha value is -2.68. The Balaban J connectivity index is 2.73. The first-order chi connectivity index (χ1) is 11.9. The van der Waals surface area contributed by atoms with Crippen LogP contribution in [0.2, 0.25) is 0 Å². The predicted octanol–water partition coefficient (Wildman–Crippen LogP) is 4.98. The average molecular weight is 336 g/mol. The van der Waals surface area contributed by atoms with Gasteiger partial charge in [-0.15, -0.1) is 0 Å². The highest BCUT2D eigenvalue weighted by Crippen LogP contribution is 2.36. The summed E-state index contributed by atoms with van der Waals surface area (Å²) >= 11 is 0. The molecule has 0 unspecified atom stereocenters. The summed E-state index contributed by atoms with van der Waals surface area (Å²) in [6.45, 7) is 10.3. The van der Waals surface area contributed by atoms with Crippen LogP contribution in [0.25, 0.3) is 17.2 Å². The van der Waals surface area contributed by atoms with Gasteiger partial charge in [-0.2, -0.15) is 0 Å². The minimum absolute atomic E-state index is 0.342. The maximum absolute atomic E-state index is 11.7. The highest BCUT2D eigenvalue weighted by molar-refractivity contribution is 5.95. The van der Waals surface area contributed by atoms with Crippen molar-refractivity contribution in [1.29, 1.82) is 0 Å². The van der Waals surface area contributed by atoms with Crippen LogP contribution in [0, 0.1) is 27.7 Å². The molecule has 0 aliphatic rings. The van der Waals surface area contributed by atoms with E-state index in [1.807, 2.05) is 52.0 Å². The van der Waals surface area contributed by atoms with E-state index in [2.05, 4.69) is 0 Å². The van der Waals surface area contributed by atoms with Crippen molar-refractivity contribution in [2.24, 2.45) is 0 Å². The molecule has 0 fully saturated rings. The lowest BCUT2D eigenvalue weighted by Gasteiger charge is -2.18. The normalized spacial score (nSPS) is 10.9. The van der Waals surface area contributed by atoms with E-state index < -0.39 is 0 Å². The molecule has 0 spiro atoms. The van der Waals surface area contributed by atoms with Gasteiger partial charge in [-0.05, 0) is 79.6 Å². The van der Waals surface area contributed by atoms with Crippen molar-refractivity contribution in [2.75, 3.05) is 6.61 Å². The highest BCUT2D eigenvalue weighted by atomic mass is 16.5. The van der Waals surface area contributed by atoms with Crippen LogP contribution in [-0.2, 0) is 9.53 Å². The molecule has 3 heteroatoms. The smallest absolute Gasteiger partial charge is 0.330 e. The summed E-state index contributed by atoms with van der Waals surface area (Å²) in [6, 6.07) is 7.81. The van der Waals surface area contributed by atoms with E-state index in [-0.39, 0.29) is 5.97 Å². The molecule has 3 nitrogen and oxygen atoms in total. The topological polar surface area (TPSA) is 43.4 Å². The molecule has 2 aromatic carbocycles. The molecule has 0 saturated carbocycles. The van der Waals surface area contributed by atoms with Crippen molar-refractivity contribution in [3.63, 3.8) is 0 Å². The van der Waals surface area contributed by atoms with Crippen LogP contribution in [-0.4, -0.2) is 18.9 Å². The molecule has 0 saturated heterocycles. The number of carbonyl (C=O) groups excluding carboxylic acids is 2. The SMILES string of the molecule is CCOC(=O)/C=C/c1ccc(C)c(C)c1-c1c(C=O)ccc(C)c1C. The van der Waals surface area contributed by atoms with Crippen LogP contribution in [0.5, 0.6) is 0 Å². The van der Waals surface area contributed by atoms with Crippen molar-refractivity contribution >= 4 is 18.3 Å². The number of esters is 1. The second kappa shape index (κ2) is 7.93. The molecular weight excluding hydrogens is 312 g/mol. The van der Waals surface area contributed by atoms with E-state index in [4.69, 9.17) is 4.74 Å². The molecule has 0 atom stereocenters. The molecule has 0 aliphatic heterocycles. The summed E-state index contributed by atoms with van der Waals surface area (Å²) in [4.78, 5) is 23.3. The predicted molar refractivity (Wildman–Crippen MR) is 102 cm³/mol. The lowest BCUT2D eigenvalue weighted by molar-refractivity contribution is -0.137. The van der Waals surface area contributed by atoms with Gasteiger partial charge in [-0.25, -0.2) is 4.79 Å². The van der Waals surface area contributed by atoms with Crippen LogP contribution in [0.3, 0.4) is 0 Å². The minimum Gasteiger partial charge on any atom is -0.463 e. The number of ether oxygens (including phenoxy) is 1. The number of aldehydes is 1. The first kappa shape index (κ1) is 18.7. The molecule has 0 radical (unpaired) electrons. The fourth-order valence-electron chi connectivity index (χ4n) is 2.92. The Kier molecular flexibility index (Phi) is 5.92. The van der Waals surface area contributed by atoms with Gasteiger partial charge in [0.15, 0.2) is 6.29 Å². The van der Waals surface area contributed by atoms with E-state index >= 15 is 0 Å². The van der Waals surface area contributed by atoms with E-state index in [0.29, 0.717) is 12.2 Å². The Bertz CT molecular complexity index is 845. The van der Waals surface area contributed by atoms with Gasteiger partial charge in [-0.1, -0.05) is 24.3 Å². The maximum atomic E-state index is 11.7. The molecule has 0 N–H and O–H groups in total. The van der Waals surface area contributed by atoms with Crippen molar-refractivity contribution in [3.8, 4) is 11.1 Å². The Labute approximate surface area is 149 Å². The molecule has 0 aromatic heterocycles. The van der Waals surface area contributed by atoms with Gasteiger partial charge in [-0.3, -0.25) is 4.79 Å². The van der Waals surface area contributed by atoms with Gasteiger partial charge in [0, 0.05) is 11.6 Å². The van der Waals surface area contributed by atoms with E-state index in [1.165, 1.54) is 6.08 Å². The lowest BCUT2D eigenvalue weighted by Crippen LogP contribution is -2.01. The Morgan fingerprint density at radius 1 is 0.920 bits per heavy atom. The Morgan fingerprint density at radius 3 is 1.96 bits per heavy atom. The first-order valence-corrected chi connectivity index (χ1v) is 8.41. The first-order valence-electron chi connectivity index (χ1n) is 8.41. The minimum atomic E-state index is -0.372. The monoisotopic (exact) mass is 336 g/mol.